The molecule has 0 heterocycles. The first kappa shape index (κ1) is 17.4. The summed E-state index contributed by atoms with van der Waals surface area (Å²) in [4.78, 5) is 8.24. The Hall–Kier alpha value is 0.665. The van der Waals surface area contributed by atoms with Crippen LogP contribution in [0.5, 0.6) is 0 Å². The maximum Gasteiger partial charge on any atom is 1.00 e. The van der Waals surface area contributed by atoms with E-state index in [0.29, 0.717) is 6.47 Å². The van der Waals surface area contributed by atoms with Crippen LogP contribution in [0.15, 0.2) is 0 Å². The number of aliphatic hydroxyl groups excluding tert-OH is 1. The molecule has 0 aliphatic carbocycles. The summed E-state index contributed by atoms with van der Waals surface area (Å²) in [5.41, 5.74) is 0. The summed E-state index contributed by atoms with van der Waals surface area (Å²) in [5.74, 6) is 0. The fraction of sp³-hybridized carbons (Fsp3) is 0. The normalized spacial score (nSPS) is 2.40. The molecule has 0 radical (unpaired) electrons. The van der Waals surface area contributed by atoms with E-state index < -0.39 is 0 Å². The molecule has 1 N–H and O–H groups in total. The minimum Gasteiger partial charge on any atom is -1.00 e. The van der Waals surface area contributed by atoms with Gasteiger partial charge in [0.15, 0.2) is 0 Å². The summed E-state index contributed by atoms with van der Waals surface area (Å²) in [6.07, 6.45) is 0. The third-order valence-corrected chi connectivity index (χ3v) is 0. The number of hydrogen-bond acceptors (Lipinski definition) is 1. The second-order valence-electron chi connectivity index (χ2n) is 0.0913. The summed E-state index contributed by atoms with van der Waals surface area (Å²) >= 11 is 0. The minimum atomic E-state index is 0. The van der Waals surface area contributed by atoms with Gasteiger partial charge in [-0.1, -0.05) is 6.47 Å². The molecule has 0 saturated heterocycles. The van der Waals surface area contributed by atoms with Gasteiger partial charge in [0.2, 0.25) is 0 Å². The number of hydrogen-bond donors (Lipinski definition) is 1. The summed E-state index contributed by atoms with van der Waals surface area (Å²) in [6, 6.07) is 0. The van der Waals surface area contributed by atoms with E-state index in [1.807, 2.05) is 0 Å². The standard InChI is InChI=1S/CHO2.2Li.H/c2-1-3;;;/h(H,2,3);;;/q-1;2*+1;-1. The maximum atomic E-state index is 8.24. The van der Waals surface area contributed by atoms with Gasteiger partial charge in [0, 0.05) is 0 Å². The van der Waals surface area contributed by atoms with E-state index in [9.17, 15) is 0 Å². The van der Waals surface area contributed by atoms with Crippen molar-refractivity contribution < 1.29 is 49.0 Å². The van der Waals surface area contributed by atoms with Crippen LogP contribution in [0.4, 0.5) is 0 Å². The summed E-state index contributed by atoms with van der Waals surface area (Å²) < 4.78 is 0. The largest absolute Gasteiger partial charge is 1.00 e. The molecule has 0 aromatic rings. The number of rotatable bonds is 0. The smallest absolute Gasteiger partial charge is 1.00 e. The van der Waals surface area contributed by atoms with Gasteiger partial charge in [-0.05, 0) is 0 Å². The quantitative estimate of drug-likeness (QED) is 0.223. The van der Waals surface area contributed by atoms with Crippen molar-refractivity contribution in [1.29, 1.82) is 0 Å². The Kier molecular flexibility index (Phi) is 78.5. The molecule has 0 rings (SSSR count). The van der Waals surface area contributed by atoms with Gasteiger partial charge in [-0.2, -0.15) is 0 Å². The molecule has 0 amide bonds. The van der Waals surface area contributed by atoms with Gasteiger partial charge in [-0.3, -0.25) is 0 Å². The molecule has 0 fully saturated rings. The summed E-state index contributed by atoms with van der Waals surface area (Å²) in [6.45, 7) is 0.500. The molecular formula is CH2Li2O2. The summed E-state index contributed by atoms with van der Waals surface area (Å²) in [7, 11) is 0. The second-order valence-corrected chi connectivity index (χ2v) is 0.0913. The zero-order valence-electron chi connectivity index (χ0n) is 4.36. The molecule has 0 aromatic heterocycles. The predicted molar refractivity (Wildman–Crippen MR) is 9.43 cm³/mol. The molecule has 4 heteroatoms. The van der Waals surface area contributed by atoms with Crippen LogP contribution in [0.3, 0.4) is 0 Å². The fourth-order valence-electron chi connectivity index (χ4n) is 0. The van der Waals surface area contributed by atoms with Gasteiger partial charge in [-0.25, -0.2) is 0 Å². The minimum absolute atomic E-state index is 0. The maximum absolute atomic E-state index is 8.24. The molecule has 0 aromatic carbocycles. The molecule has 0 spiro atoms. The van der Waals surface area contributed by atoms with Crippen molar-refractivity contribution in [2.24, 2.45) is 0 Å². The van der Waals surface area contributed by atoms with Gasteiger partial charge >= 0.3 is 37.7 Å². The van der Waals surface area contributed by atoms with E-state index in [1.165, 1.54) is 0 Å². The van der Waals surface area contributed by atoms with Crippen molar-refractivity contribution in [1.82, 2.24) is 0 Å². The van der Waals surface area contributed by atoms with E-state index in [0.717, 1.165) is 0 Å². The van der Waals surface area contributed by atoms with Crippen molar-refractivity contribution in [2.45, 2.75) is 0 Å². The topological polar surface area (TPSA) is 37.3 Å². The molecular weight excluding hydrogens is 57.9 g/mol. The van der Waals surface area contributed by atoms with Crippen LogP contribution >= 0.6 is 0 Å². The molecule has 0 unspecified atom stereocenters. The van der Waals surface area contributed by atoms with E-state index in [2.05, 4.69) is 0 Å². The van der Waals surface area contributed by atoms with Crippen LogP contribution < -0.4 is 37.7 Å². The first-order chi connectivity index (χ1) is 1.41. The van der Waals surface area contributed by atoms with Crippen molar-refractivity contribution in [3.8, 4) is 0 Å². The Bertz CT molecular complexity index is 19.0. The first-order valence-corrected chi connectivity index (χ1v) is 0.428. The average Bonchev–Trinajstić information content (AvgIpc) is 0.918. The monoisotopic (exact) mass is 60.0 g/mol. The van der Waals surface area contributed by atoms with E-state index in [4.69, 9.17) is 9.90 Å². The molecule has 0 saturated carbocycles. The molecule has 0 aliphatic heterocycles. The Morgan fingerprint density at radius 2 is 1.60 bits per heavy atom. The van der Waals surface area contributed by atoms with Gasteiger partial charge in [0.25, 0.3) is 0 Å². The molecule has 0 aliphatic rings. The molecule has 0 bridgehead atoms. The van der Waals surface area contributed by atoms with Gasteiger partial charge in [0.05, 0.1) is 0 Å². The van der Waals surface area contributed by atoms with Gasteiger partial charge in [-0.15, -0.1) is 0 Å². The van der Waals surface area contributed by atoms with Crippen molar-refractivity contribution in [2.75, 3.05) is 0 Å². The Morgan fingerprint density at radius 3 is 1.60 bits per heavy atom. The summed E-state index contributed by atoms with van der Waals surface area (Å²) in [5, 5.41) is 6.76. The van der Waals surface area contributed by atoms with Crippen LogP contribution in [0.25, 0.3) is 0 Å². The van der Waals surface area contributed by atoms with E-state index in [1.54, 1.807) is 0 Å². The predicted octanol–water partition coefficient (Wildman–Crippen LogP) is -6.27. The molecule has 0 atom stereocenters. The van der Waals surface area contributed by atoms with Gasteiger partial charge < -0.3 is 11.3 Å². The van der Waals surface area contributed by atoms with Crippen LogP contribution in [-0.4, -0.2) is 11.6 Å². The first-order valence-electron chi connectivity index (χ1n) is 0.428. The zero-order chi connectivity index (χ0) is 2.71. The molecule has 5 heavy (non-hydrogen) atoms. The Morgan fingerprint density at radius 1 is 1.60 bits per heavy atom. The van der Waals surface area contributed by atoms with Crippen LogP contribution in [0.2, 0.25) is 0 Å². The van der Waals surface area contributed by atoms with Crippen molar-refractivity contribution >= 4 is 6.47 Å². The molecule has 2 nitrogen and oxygen atoms in total. The van der Waals surface area contributed by atoms with Crippen molar-refractivity contribution in [3.63, 3.8) is 0 Å². The third-order valence-electron chi connectivity index (χ3n) is 0. The average molecular weight is 59.9 g/mol. The van der Waals surface area contributed by atoms with Crippen LogP contribution in [0, 0.1) is 0 Å². The van der Waals surface area contributed by atoms with E-state index >= 15 is 0 Å². The van der Waals surface area contributed by atoms with Crippen LogP contribution in [-0.2, 0) is 4.79 Å². The molecule has 20 valence electrons. The third kappa shape index (κ3) is 75.0. The van der Waals surface area contributed by atoms with Crippen LogP contribution in [0.1, 0.15) is 1.43 Å². The second kappa shape index (κ2) is 22.6. The van der Waals surface area contributed by atoms with Gasteiger partial charge in [0.1, 0.15) is 0 Å². The fourth-order valence-corrected chi connectivity index (χ4v) is 0. The van der Waals surface area contributed by atoms with Crippen molar-refractivity contribution in [3.05, 3.63) is 0 Å². The zero-order valence-corrected chi connectivity index (χ0v) is 3.36. The van der Waals surface area contributed by atoms with E-state index in [-0.39, 0.29) is 39.1 Å². The Labute approximate surface area is 55.8 Å². The SMILES string of the molecule is O=[C-]O.[H-].[Li+].[Li+]. The Balaban J connectivity index is -0.00000000667.